The molecule has 0 rings (SSSR count). The summed E-state index contributed by atoms with van der Waals surface area (Å²) in [4.78, 5) is 38.0. The summed E-state index contributed by atoms with van der Waals surface area (Å²) in [5.41, 5.74) is 0. The van der Waals surface area contributed by atoms with Crippen molar-refractivity contribution < 1.29 is 28.6 Å². The molecular weight excluding hydrogens is 793 g/mol. The van der Waals surface area contributed by atoms with Gasteiger partial charge in [0.05, 0.1) is 0 Å². The van der Waals surface area contributed by atoms with Crippen molar-refractivity contribution in [2.75, 3.05) is 13.2 Å². The maximum atomic E-state index is 12.8. The van der Waals surface area contributed by atoms with Crippen LogP contribution in [0.2, 0.25) is 0 Å². The predicted molar refractivity (Wildman–Crippen MR) is 275 cm³/mol. The summed E-state index contributed by atoms with van der Waals surface area (Å²) in [6, 6.07) is 0. The monoisotopic (exact) mass is 905 g/mol. The van der Waals surface area contributed by atoms with E-state index in [1.165, 1.54) is 212 Å². The lowest BCUT2D eigenvalue weighted by Crippen LogP contribution is -2.30. The molecule has 0 saturated heterocycles. The minimum Gasteiger partial charge on any atom is -0.462 e. The third kappa shape index (κ3) is 51.4. The second-order valence-corrected chi connectivity index (χ2v) is 20.9. The Morgan fingerprint density at radius 2 is 0.516 bits per heavy atom. The first-order valence-corrected chi connectivity index (χ1v) is 28.7. The number of carbonyl (C=O) groups is 3. The van der Waals surface area contributed by atoms with Gasteiger partial charge in [0.2, 0.25) is 0 Å². The highest BCUT2D eigenvalue weighted by Gasteiger charge is 2.19. The van der Waals surface area contributed by atoms with Crippen LogP contribution in [0.25, 0.3) is 0 Å². The molecule has 0 heterocycles. The molecule has 0 saturated carbocycles. The summed E-state index contributed by atoms with van der Waals surface area (Å²) in [7, 11) is 0. The van der Waals surface area contributed by atoms with Gasteiger partial charge in [0.1, 0.15) is 13.2 Å². The Labute approximate surface area is 399 Å². The fraction of sp³-hybridized carbons (Fsp3) is 0.948. The van der Waals surface area contributed by atoms with E-state index >= 15 is 0 Å². The molecular formula is C58H112O6. The maximum Gasteiger partial charge on any atom is 0.306 e. The number of rotatable bonds is 52. The molecule has 0 aromatic rings. The van der Waals surface area contributed by atoms with Crippen LogP contribution in [0.5, 0.6) is 0 Å². The maximum absolute atomic E-state index is 12.8. The average Bonchev–Trinajstić information content (AvgIpc) is 3.27. The van der Waals surface area contributed by atoms with Gasteiger partial charge in [0.25, 0.3) is 0 Å². The fourth-order valence-corrected chi connectivity index (χ4v) is 8.87. The van der Waals surface area contributed by atoms with E-state index in [1.807, 2.05) is 0 Å². The Bertz CT molecular complexity index is 978. The molecule has 0 amide bonds. The van der Waals surface area contributed by atoms with Crippen LogP contribution in [0.15, 0.2) is 0 Å². The highest BCUT2D eigenvalue weighted by atomic mass is 16.6. The topological polar surface area (TPSA) is 78.9 Å². The van der Waals surface area contributed by atoms with Crippen molar-refractivity contribution in [3.05, 3.63) is 0 Å². The lowest BCUT2D eigenvalue weighted by molar-refractivity contribution is -0.167. The van der Waals surface area contributed by atoms with Gasteiger partial charge in [-0.3, -0.25) is 14.4 Å². The van der Waals surface area contributed by atoms with Gasteiger partial charge in [-0.2, -0.15) is 0 Å². The molecule has 1 atom stereocenters. The highest BCUT2D eigenvalue weighted by Crippen LogP contribution is 2.18. The Morgan fingerprint density at radius 3 is 0.766 bits per heavy atom. The molecule has 0 aromatic heterocycles. The zero-order valence-corrected chi connectivity index (χ0v) is 43.9. The summed E-state index contributed by atoms with van der Waals surface area (Å²) in [5, 5.41) is 0. The van der Waals surface area contributed by atoms with E-state index in [0.29, 0.717) is 19.3 Å². The largest absolute Gasteiger partial charge is 0.462 e. The van der Waals surface area contributed by atoms with Crippen LogP contribution in [0, 0.1) is 11.8 Å². The average molecular weight is 906 g/mol. The second kappa shape index (κ2) is 50.8. The van der Waals surface area contributed by atoms with Gasteiger partial charge in [-0.15, -0.1) is 0 Å². The molecule has 0 bridgehead atoms. The standard InChI is InChI=1S/C58H112O6/c1-6-7-8-9-10-26-35-40-45-50-58(61)64-55(52-63-57(60)49-44-39-34-30-25-21-17-19-23-28-32-37-42-47-54(4)5)51-62-56(59)48-43-38-33-29-24-20-16-14-12-11-13-15-18-22-27-31-36-41-46-53(2)3/h53-55H,6-52H2,1-5H3/t55-/m0/s1. The molecule has 0 aliphatic rings. The molecule has 0 spiro atoms. The molecule has 64 heavy (non-hydrogen) atoms. The van der Waals surface area contributed by atoms with E-state index in [-0.39, 0.29) is 31.1 Å². The van der Waals surface area contributed by atoms with Crippen molar-refractivity contribution in [3.8, 4) is 0 Å². The Hall–Kier alpha value is -1.59. The van der Waals surface area contributed by atoms with Crippen molar-refractivity contribution >= 4 is 17.9 Å². The Kier molecular flexibility index (Phi) is 49.6. The summed E-state index contributed by atoms with van der Waals surface area (Å²) in [5.74, 6) is 0.856. The summed E-state index contributed by atoms with van der Waals surface area (Å²) in [6.07, 6.45) is 53.9. The first kappa shape index (κ1) is 62.4. The molecule has 380 valence electrons. The number of ether oxygens (including phenoxy) is 3. The van der Waals surface area contributed by atoms with Gasteiger partial charge < -0.3 is 14.2 Å². The number of hydrogen-bond donors (Lipinski definition) is 0. The Balaban J connectivity index is 4.16. The van der Waals surface area contributed by atoms with Gasteiger partial charge in [-0.1, -0.05) is 285 Å². The van der Waals surface area contributed by atoms with Gasteiger partial charge >= 0.3 is 17.9 Å². The quantitative estimate of drug-likeness (QED) is 0.0344. The van der Waals surface area contributed by atoms with Crippen LogP contribution in [0.1, 0.15) is 324 Å². The molecule has 0 unspecified atom stereocenters. The van der Waals surface area contributed by atoms with Crippen molar-refractivity contribution in [2.45, 2.75) is 330 Å². The van der Waals surface area contributed by atoms with E-state index in [2.05, 4.69) is 34.6 Å². The van der Waals surface area contributed by atoms with Crippen LogP contribution in [-0.4, -0.2) is 37.2 Å². The highest BCUT2D eigenvalue weighted by molar-refractivity contribution is 5.71. The molecule has 0 radical (unpaired) electrons. The van der Waals surface area contributed by atoms with Crippen LogP contribution in [0.4, 0.5) is 0 Å². The third-order valence-electron chi connectivity index (χ3n) is 13.2. The summed E-state index contributed by atoms with van der Waals surface area (Å²) < 4.78 is 16.8. The smallest absolute Gasteiger partial charge is 0.306 e. The van der Waals surface area contributed by atoms with Crippen LogP contribution < -0.4 is 0 Å². The van der Waals surface area contributed by atoms with E-state index in [4.69, 9.17) is 14.2 Å². The molecule has 6 heteroatoms. The number of esters is 3. The second-order valence-electron chi connectivity index (χ2n) is 20.9. The fourth-order valence-electron chi connectivity index (χ4n) is 8.87. The van der Waals surface area contributed by atoms with Crippen molar-refractivity contribution in [1.29, 1.82) is 0 Å². The number of carbonyl (C=O) groups excluding carboxylic acids is 3. The lowest BCUT2D eigenvalue weighted by Gasteiger charge is -2.18. The minimum absolute atomic E-state index is 0.0629. The van der Waals surface area contributed by atoms with Gasteiger partial charge in [-0.05, 0) is 31.1 Å². The van der Waals surface area contributed by atoms with E-state index in [1.54, 1.807) is 0 Å². The first-order chi connectivity index (χ1) is 31.2. The van der Waals surface area contributed by atoms with Crippen molar-refractivity contribution in [1.82, 2.24) is 0 Å². The molecule has 6 nitrogen and oxygen atoms in total. The predicted octanol–water partition coefficient (Wildman–Crippen LogP) is 18.9. The van der Waals surface area contributed by atoms with E-state index in [0.717, 1.165) is 69.6 Å². The Morgan fingerprint density at radius 1 is 0.297 bits per heavy atom. The van der Waals surface area contributed by atoms with Crippen LogP contribution in [-0.2, 0) is 28.6 Å². The van der Waals surface area contributed by atoms with Crippen molar-refractivity contribution in [3.63, 3.8) is 0 Å². The normalized spacial score (nSPS) is 12.0. The summed E-state index contributed by atoms with van der Waals surface area (Å²) >= 11 is 0. The zero-order chi connectivity index (χ0) is 46.8. The SMILES string of the molecule is CCCCCCCCCCCC(=O)O[C@@H](COC(=O)CCCCCCCCCCCCCCCCCCCCC(C)C)COC(=O)CCCCCCCCCCCCCCCC(C)C. The first-order valence-electron chi connectivity index (χ1n) is 28.7. The number of hydrogen-bond acceptors (Lipinski definition) is 6. The van der Waals surface area contributed by atoms with E-state index in [9.17, 15) is 14.4 Å². The lowest BCUT2D eigenvalue weighted by atomic mass is 10.0. The zero-order valence-electron chi connectivity index (χ0n) is 43.9. The van der Waals surface area contributed by atoms with Gasteiger partial charge in [0, 0.05) is 19.3 Å². The summed E-state index contributed by atoms with van der Waals surface area (Å²) in [6.45, 7) is 11.4. The molecule has 0 N–H and O–H groups in total. The van der Waals surface area contributed by atoms with Crippen LogP contribution in [0.3, 0.4) is 0 Å². The third-order valence-corrected chi connectivity index (χ3v) is 13.2. The minimum atomic E-state index is -0.761. The van der Waals surface area contributed by atoms with Crippen molar-refractivity contribution in [2.24, 2.45) is 11.8 Å². The van der Waals surface area contributed by atoms with E-state index < -0.39 is 6.10 Å². The number of unbranched alkanes of at least 4 members (excludes halogenated alkanes) is 37. The molecule has 0 aliphatic carbocycles. The van der Waals surface area contributed by atoms with Gasteiger partial charge in [0.15, 0.2) is 6.10 Å². The molecule has 0 aliphatic heterocycles. The molecule has 0 aromatic carbocycles. The van der Waals surface area contributed by atoms with Gasteiger partial charge in [-0.25, -0.2) is 0 Å². The van der Waals surface area contributed by atoms with Crippen LogP contribution >= 0.6 is 0 Å². The molecule has 0 fully saturated rings.